The summed E-state index contributed by atoms with van der Waals surface area (Å²) in [6.45, 7) is 2.97. The van der Waals surface area contributed by atoms with Crippen molar-refractivity contribution in [3.63, 3.8) is 0 Å². The predicted octanol–water partition coefficient (Wildman–Crippen LogP) is 2.70. The monoisotopic (exact) mass is 319 g/mol. The van der Waals surface area contributed by atoms with E-state index in [2.05, 4.69) is 10.3 Å². The number of amides is 1. The van der Waals surface area contributed by atoms with Crippen molar-refractivity contribution in [2.24, 2.45) is 17.6 Å². The van der Waals surface area contributed by atoms with E-state index < -0.39 is 0 Å². The zero-order valence-electron chi connectivity index (χ0n) is 12.7. The third-order valence-corrected chi connectivity index (χ3v) is 5.04. The van der Waals surface area contributed by atoms with Gasteiger partial charge in [-0.25, -0.2) is 4.98 Å². The van der Waals surface area contributed by atoms with Gasteiger partial charge in [0.2, 0.25) is 5.91 Å². The minimum atomic E-state index is 0.0561. The van der Waals surface area contributed by atoms with Gasteiger partial charge in [0.15, 0.2) is 5.76 Å². The highest BCUT2D eigenvalue weighted by molar-refractivity contribution is 7.09. The lowest BCUT2D eigenvalue weighted by Crippen LogP contribution is -2.34. The fraction of sp³-hybridized carbons (Fsp3) is 0.500. The molecule has 2 aromatic rings. The Morgan fingerprint density at radius 3 is 3.09 bits per heavy atom. The maximum Gasteiger partial charge on any atom is 0.223 e. The predicted molar refractivity (Wildman–Crippen MR) is 86.3 cm³/mol. The van der Waals surface area contributed by atoms with Crippen molar-refractivity contribution >= 4 is 17.2 Å². The molecule has 6 heteroatoms. The lowest BCUT2D eigenvalue weighted by atomic mass is 9.95. The molecule has 0 spiro atoms. The van der Waals surface area contributed by atoms with E-state index in [1.807, 2.05) is 24.4 Å². The summed E-state index contributed by atoms with van der Waals surface area (Å²) in [5.41, 5.74) is 6.58. The van der Waals surface area contributed by atoms with Gasteiger partial charge in [0.1, 0.15) is 11.5 Å². The molecular formula is C16H21N3O2S. The van der Waals surface area contributed by atoms with Crippen LogP contribution in [0.3, 0.4) is 0 Å². The smallest absolute Gasteiger partial charge is 0.223 e. The number of nitrogens with two attached hydrogens (primary N) is 1. The number of aromatic nitrogens is 1. The van der Waals surface area contributed by atoms with Crippen molar-refractivity contribution in [1.82, 2.24) is 10.3 Å². The van der Waals surface area contributed by atoms with Crippen LogP contribution >= 0.6 is 11.3 Å². The first-order chi connectivity index (χ1) is 10.7. The van der Waals surface area contributed by atoms with Gasteiger partial charge in [-0.15, -0.1) is 11.3 Å². The van der Waals surface area contributed by atoms with Gasteiger partial charge < -0.3 is 15.5 Å². The van der Waals surface area contributed by atoms with Crippen LogP contribution in [0, 0.1) is 18.8 Å². The van der Waals surface area contributed by atoms with Gasteiger partial charge >= 0.3 is 0 Å². The van der Waals surface area contributed by atoms with Gasteiger partial charge in [-0.05, 0) is 44.4 Å². The van der Waals surface area contributed by atoms with Gasteiger partial charge in [-0.3, -0.25) is 4.79 Å². The Hall–Kier alpha value is -1.66. The second-order valence-electron chi connectivity index (χ2n) is 5.77. The number of thiazole rings is 1. The minimum Gasteiger partial charge on any atom is -0.458 e. The first-order valence-electron chi connectivity index (χ1n) is 7.66. The molecular weight excluding hydrogens is 298 g/mol. The summed E-state index contributed by atoms with van der Waals surface area (Å²) in [5.74, 6) is 1.96. The van der Waals surface area contributed by atoms with Crippen LogP contribution < -0.4 is 11.1 Å². The molecule has 2 atom stereocenters. The van der Waals surface area contributed by atoms with E-state index in [0.29, 0.717) is 19.0 Å². The largest absolute Gasteiger partial charge is 0.458 e. The number of hydrogen-bond acceptors (Lipinski definition) is 5. The van der Waals surface area contributed by atoms with E-state index >= 15 is 0 Å². The van der Waals surface area contributed by atoms with Gasteiger partial charge in [0.25, 0.3) is 0 Å². The maximum absolute atomic E-state index is 12.2. The quantitative estimate of drug-likeness (QED) is 0.888. The Bertz CT molecular complexity index is 649. The van der Waals surface area contributed by atoms with Gasteiger partial charge in [0.05, 0.1) is 11.6 Å². The molecule has 3 N–H and O–H groups in total. The summed E-state index contributed by atoms with van der Waals surface area (Å²) in [7, 11) is 0. The standard InChI is InChI=1S/C16H21N3O2S/c1-10-19-14(9-22-10)15-6-5-12(21-15)8-18-16(20)13-4-2-3-11(13)7-17/h5-6,9,11,13H,2-4,7-8,17H2,1H3,(H,18,20)/t11-,13-/m1/s1. The normalized spacial score (nSPS) is 21.2. The average molecular weight is 319 g/mol. The van der Waals surface area contributed by atoms with Gasteiger partial charge in [-0.1, -0.05) is 6.42 Å². The zero-order chi connectivity index (χ0) is 15.5. The second-order valence-corrected chi connectivity index (χ2v) is 6.83. The molecule has 3 rings (SSSR count). The molecule has 1 amide bonds. The number of nitrogens with one attached hydrogen (secondary N) is 1. The van der Waals surface area contributed by atoms with E-state index in [4.69, 9.17) is 10.2 Å². The fourth-order valence-electron chi connectivity index (χ4n) is 3.06. The molecule has 2 heterocycles. The van der Waals surface area contributed by atoms with Crippen LogP contribution in [-0.4, -0.2) is 17.4 Å². The van der Waals surface area contributed by atoms with Crippen molar-refractivity contribution in [3.8, 4) is 11.5 Å². The molecule has 0 aromatic carbocycles. The zero-order valence-corrected chi connectivity index (χ0v) is 13.5. The van der Waals surface area contributed by atoms with E-state index in [-0.39, 0.29) is 11.8 Å². The SMILES string of the molecule is Cc1nc(-c2ccc(CNC(=O)[C@@H]3CCC[C@@H]3CN)o2)cs1. The van der Waals surface area contributed by atoms with E-state index in [1.54, 1.807) is 11.3 Å². The number of carbonyl (C=O) groups is 1. The molecule has 118 valence electrons. The first kappa shape index (κ1) is 15.2. The van der Waals surface area contributed by atoms with Crippen LogP contribution in [0.25, 0.3) is 11.5 Å². The first-order valence-corrected chi connectivity index (χ1v) is 8.54. The van der Waals surface area contributed by atoms with Crippen molar-refractivity contribution in [3.05, 3.63) is 28.3 Å². The van der Waals surface area contributed by atoms with E-state index in [0.717, 1.165) is 41.5 Å². The molecule has 1 fully saturated rings. The molecule has 0 unspecified atom stereocenters. The average Bonchev–Trinajstić information content (AvgIpc) is 3.24. The summed E-state index contributed by atoms with van der Waals surface area (Å²) >= 11 is 1.59. The fourth-order valence-corrected chi connectivity index (χ4v) is 3.66. The summed E-state index contributed by atoms with van der Waals surface area (Å²) in [4.78, 5) is 16.6. The van der Waals surface area contributed by atoms with Crippen LogP contribution in [0.1, 0.15) is 30.0 Å². The van der Waals surface area contributed by atoms with Crippen LogP contribution in [0.4, 0.5) is 0 Å². The van der Waals surface area contributed by atoms with Gasteiger partial charge in [0, 0.05) is 11.3 Å². The lowest BCUT2D eigenvalue weighted by molar-refractivity contribution is -0.126. The Morgan fingerprint density at radius 1 is 1.50 bits per heavy atom. The minimum absolute atomic E-state index is 0.0561. The van der Waals surface area contributed by atoms with Crippen molar-refractivity contribution in [2.75, 3.05) is 6.54 Å². The molecule has 2 aromatic heterocycles. The highest BCUT2D eigenvalue weighted by Crippen LogP contribution is 2.31. The van der Waals surface area contributed by atoms with Crippen molar-refractivity contribution in [1.29, 1.82) is 0 Å². The van der Waals surface area contributed by atoms with Crippen LogP contribution in [0.2, 0.25) is 0 Å². The Balaban J connectivity index is 1.58. The number of rotatable bonds is 5. The van der Waals surface area contributed by atoms with E-state index in [1.165, 1.54) is 0 Å². The molecule has 0 radical (unpaired) electrons. The Kier molecular flexibility index (Phi) is 4.59. The molecule has 1 saturated carbocycles. The molecule has 0 saturated heterocycles. The topological polar surface area (TPSA) is 81.2 Å². The summed E-state index contributed by atoms with van der Waals surface area (Å²) in [6.07, 6.45) is 3.09. The molecule has 1 aliphatic rings. The van der Waals surface area contributed by atoms with Gasteiger partial charge in [-0.2, -0.15) is 0 Å². The van der Waals surface area contributed by atoms with Crippen LogP contribution in [-0.2, 0) is 11.3 Å². The molecule has 1 aliphatic carbocycles. The molecule has 22 heavy (non-hydrogen) atoms. The molecule has 0 aliphatic heterocycles. The third-order valence-electron chi connectivity index (χ3n) is 4.27. The van der Waals surface area contributed by atoms with E-state index in [9.17, 15) is 4.79 Å². The number of aryl methyl sites for hydroxylation is 1. The molecule has 0 bridgehead atoms. The second kappa shape index (κ2) is 6.62. The highest BCUT2D eigenvalue weighted by Gasteiger charge is 2.31. The van der Waals surface area contributed by atoms with Crippen molar-refractivity contribution in [2.45, 2.75) is 32.7 Å². The Labute approximate surface area is 133 Å². The number of carbonyl (C=O) groups excluding carboxylic acids is 1. The summed E-state index contributed by atoms with van der Waals surface area (Å²) < 4.78 is 5.75. The number of furan rings is 1. The third kappa shape index (κ3) is 3.23. The summed E-state index contributed by atoms with van der Waals surface area (Å²) in [6, 6.07) is 3.79. The number of nitrogens with zero attached hydrogens (tertiary/aromatic N) is 1. The van der Waals surface area contributed by atoms with Crippen LogP contribution in [0.5, 0.6) is 0 Å². The van der Waals surface area contributed by atoms with Crippen molar-refractivity contribution < 1.29 is 9.21 Å². The van der Waals surface area contributed by atoms with Crippen LogP contribution in [0.15, 0.2) is 21.9 Å². The lowest BCUT2D eigenvalue weighted by Gasteiger charge is -2.16. The maximum atomic E-state index is 12.2. The Morgan fingerprint density at radius 2 is 2.36 bits per heavy atom. The number of hydrogen-bond donors (Lipinski definition) is 2. The molecule has 5 nitrogen and oxygen atoms in total. The highest BCUT2D eigenvalue weighted by atomic mass is 32.1. The summed E-state index contributed by atoms with van der Waals surface area (Å²) in [5, 5.41) is 5.95.